The van der Waals surface area contributed by atoms with E-state index in [4.69, 9.17) is 4.74 Å². The molecule has 0 unspecified atom stereocenters. The average Bonchev–Trinajstić information content (AvgIpc) is 2.76. The number of halogens is 1. The predicted octanol–water partition coefficient (Wildman–Crippen LogP) is 3.11. The smallest absolute Gasteiger partial charge is 0.248 e. The minimum absolute atomic E-state index is 0.144. The van der Waals surface area contributed by atoms with Crippen LogP contribution >= 0.6 is 11.3 Å². The summed E-state index contributed by atoms with van der Waals surface area (Å²) in [4.78, 5) is 16.5. The Kier molecular flexibility index (Phi) is 5.64. The molecule has 0 aliphatic carbocycles. The molecular formula is C15H19FN2O2S. The van der Waals surface area contributed by atoms with E-state index in [9.17, 15) is 9.18 Å². The highest BCUT2D eigenvalue weighted by molar-refractivity contribution is 7.16. The van der Waals surface area contributed by atoms with Gasteiger partial charge >= 0.3 is 0 Å². The zero-order valence-corrected chi connectivity index (χ0v) is 13.1. The molecule has 6 heteroatoms. The number of ether oxygens (including phenoxy) is 1. The van der Waals surface area contributed by atoms with Crippen molar-refractivity contribution in [2.45, 2.75) is 33.2 Å². The van der Waals surface area contributed by atoms with Gasteiger partial charge in [-0.1, -0.05) is 18.3 Å². The number of fused-ring (bicyclic) bond motifs is 1. The Bertz CT molecular complexity index is 691. The maximum absolute atomic E-state index is 13.3. The molecule has 0 saturated carbocycles. The minimum Gasteiger partial charge on any atom is -0.380 e. The standard InChI is InChI=1S/C15H19FN2O2S/c1-3-5-14(19)17-15-18(8-9-20-4-2)12-7-6-11(16)10-13(12)21-15/h6-7,10H,3-5,8-9H2,1-2H3. The van der Waals surface area contributed by atoms with Crippen LogP contribution in [-0.4, -0.2) is 23.7 Å². The third kappa shape index (κ3) is 3.98. The van der Waals surface area contributed by atoms with Crippen molar-refractivity contribution in [3.8, 4) is 0 Å². The van der Waals surface area contributed by atoms with Gasteiger partial charge in [-0.2, -0.15) is 4.99 Å². The van der Waals surface area contributed by atoms with Crippen LogP contribution in [0, 0.1) is 5.82 Å². The fourth-order valence-corrected chi connectivity index (χ4v) is 3.12. The van der Waals surface area contributed by atoms with Crippen molar-refractivity contribution in [1.29, 1.82) is 0 Å². The Morgan fingerprint density at radius 1 is 1.43 bits per heavy atom. The quantitative estimate of drug-likeness (QED) is 0.770. The lowest BCUT2D eigenvalue weighted by molar-refractivity contribution is -0.118. The Morgan fingerprint density at radius 2 is 2.24 bits per heavy atom. The van der Waals surface area contributed by atoms with Gasteiger partial charge in [-0.25, -0.2) is 4.39 Å². The van der Waals surface area contributed by atoms with E-state index >= 15 is 0 Å². The molecule has 0 aliphatic heterocycles. The number of carbonyl (C=O) groups excluding carboxylic acids is 1. The number of amides is 1. The molecule has 0 N–H and O–H groups in total. The third-order valence-corrected chi connectivity index (χ3v) is 4.03. The SMILES string of the molecule is CCCC(=O)N=c1sc2cc(F)ccc2n1CCOCC. The number of aromatic nitrogens is 1. The van der Waals surface area contributed by atoms with Gasteiger partial charge < -0.3 is 9.30 Å². The number of thiazole rings is 1. The van der Waals surface area contributed by atoms with Crippen molar-refractivity contribution in [1.82, 2.24) is 4.57 Å². The number of rotatable bonds is 6. The summed E-state index contributed by atoms with van der Waals surface area (Å²) in [7, 11) is 0. The molecule has 0 radical (unpaired) electrons. The van der Waals surface area contributed by atoms with Gasteiger partial charge in [-0.05, 0) is 31.5 Å². The predicted molar refractivity (Wildman–Crippen MR) is 81.7 cm³/mol. The molecule has 0 aliphatic rings. The largest absolute Gasteiger partial charge is 0.380 e. The van der Waals surface area contributed by atoms with Crippen LogP contribution in [0.1, 0.15) is 26.7 Å². The van der Waals surface area contributed by atoms with Crippen LogP contribution in [0.5, 0.6) is 0 Å². The Hall–Kier alpha value is -1.53. The average molecular weight is 310 g/mol. The lowest BCUT2D eigenvalue weighted by Gasteiger charge is -2.05. The number of nitrogens with zero attached hydrogens (tertiary/aromatic N) is 2. The summed E-state index contributed by atoms with van der Waals surface area (Å²) in [5.41, 5.74) is 0.879. The Labute approximate surface area is 126 Å². The lowest BCUT2D eigenvalue weighted by Crippen LogP contribution is -2.19. The fourth-order valence-electron chi connectivity index (χ4n) is 2.03. The molecule has 0 fully saturated rings. The van der Waals surface area contributed by atoms with Crippen LogP contribution in [0.15, 0.2) is 23.2 Å². The third-order valence-electron chi connectivity index (χ3n) is 2.99. The van der Waals surface area contributed by atoms with E-state index < -0.39 is 0 Å². The molecule has 1 amide bonds. The van der Waals surface area contributed by atoms with E-state index in [1.54, 1.807) is 6.07 Å². The maximum Gasteiger partial charge on any atom is 0.248 e. The molecule has 0 bridgehead atoms. The number of carbonyl (C=O) groups is 1. The second-order valence-electron chi connectivity index (χ2n) is 4.60. The van der Waals surface area contributed by atoms with Crippen LogP contribution in [0.3, 0.4) is 0 Å². The first kappa shape index (κ1) is 15.9. The molecule has 1 heterocycles. The minimum atomic E-state index is -0.285. The monoisotopic (exact) mass is 310 g/mol. The van der Waals surface area contributed by atoms with Gasteiger partial charge in [0.25, 0.3) is 0 Å². The topological polar surface area (TPSA) is 43.6 Å². The van der Waals surface area contributed by atoms with Gasteiger partial charge in [-0.3, -0.25) is 4.79 Å². The van der Waals surface area contributed by atoms with E-state index in [1.807, 2.05) is 18.4 Å². The maximum atomic E-state index is 13.3. The molecule has 0 atom stereocenters. The number of hydrogen-bond acceptors (Lipinski definition) is 3. The highest BCUT2D eigenvalue weighted by Gasteiger charge is 2.08. The van der Waals surface area contributed by atoms with Crippen molar-refractivity contribution >= 4 is 27.5 Å². The van der Waals surface area contributed by atoms with Crippen LogP contribution in [0.25, 0.3) is 10.2 Å². The molecule has 1 aromatic heterocycles. The zero-order chi connectivity index (χ0) is 15.2. The van der Waals surface area contributed by atoms with Crippen molar-refractivity contribution in [3.63, 3.8) is 0 Å². The first-order valence-electron chi connectivity index (χ1n) is 7.10. The first-order chi connectivity index (χ1) is 10.2. The van der Waals surface area contributed by atoms with E-state index in [2.05, 4.69) is 4.99 Å². The van der Waals surface area contributed by atoms with Crippen LogP contribution < -0.4 is 4.80 Å². The van der Waals surface area contributed by atoms with Gasteiger partial charge in [0.05, 0.1) is 16.8 Å². The molecule has 0 spiro atoms. The van der Waals surface area contributed by atoms with Crippen LogP contribution in [0.4, 0.5) is 4.39 Å². The molecular weight excluding hydrogens is 291 g/mol. The van der Waals surface area contributed by atoms with Gasteiger partial charge in [0, 0.05) is 19.6 Å². The number of hydrogen-bond donors (Lipinski definition) is 0. The molecule has 21 heavy (non-hydrogen) atoms. The summed E-state index contributed by atoms with van der Waals surface area (Å²) in [5.74, 6) is -0.429. The van der Waals surface area contributed by atoms with Gasteiger partial charge in [0.15, 0.2) is 4.80 Å². The molecule has 2 rings (SSSR count). The zero-order valence-electron chi connectivity index (χ0n) is 12.3. The van der Waals surface area contributed by atoms with Gasteiger partial charge in [0.1, 0.15) is 5.82 Å². The molecule has 114 valence electrons. The second-order valence-corrected chi connectivity index (χ2v) is 5.61. The van der Waals surface area contributed by atoms with E-state index in [0.29, 0.717) is 31.0 Å². The van der Waals surface area contributed by atoms with Gasteiger partial charge in [0.2, 0.25) is 5.91 Å². The van der Waals surface area contributed by atoms with E-state index in [0.717, 1.165) is 16.6 Å². The van der Waals surface area contributed by atoms with Crippen molar-refractivity contribution in [3.05, 3.63) is 28.8 Å². The van der Waals surface area contributed by atoms with Gasteiger partial charge in [-0.15, -0.1) is 0 Å². The van der Waals surface area contributed by atoms with Crippen molar-refractivity contribution < 1.29 is 13.9 Å². The number of benzene rings is 1. The van der Waals surface area contributed by atoms with E-state index in [1.165, 1.54) is 23.5 Å². The van der Waals surface area contributed by atoms with Crippen LogP contribution in [0.2, 0.25) is 0 Å². The molecule has 0 saturated heterocycles. The summed E-state index contributed by atoms with van der Waals surface area (Å²) in [6.45, 7) is 5.64. The fraction of sp³-hybridized carbons (Fsp3) is 0.467. The summed E-state index contributed by atoms with van der Waals surface area (Å²) >= 11 is 1.33. The normalized spacial score (nSPS) is 12.2. The highest BCUT2D eigenvalue weighted by Crippen LogP contribution is 2.18. The lowest BCUT2D eigenvalue weighted by atomic mass is 10.3. The molecule has 2 aromatic rings. The summed E-state index contributed by atoms with van der Waals surface area (Å²) < 4.78 is 21.4. The van der Waals surface area contributed by atoms with Crippen molar-refractivity contribution in [2.75, 3.05) is 13.2 Å². The highest BCUT2D eigenvalue weighted by atomic mass is 32.1. The summed E-state index contributed by atoms with van der Waals surface area (Å²) in [6.07, 6.45) is 1.19. The Balaban J connectivity index is 2.46. The van der Waals surface area contributed by atoms with E-state index in [-0.39, 0.29) is 11.7 Å². The molecule has 1 aromatic carbocycles. The second kappa shape index (κ2) is 7.47. The summed E-state index contributed by atoms with van der Waals surface area (Å²) in [6, 6.07) is 4.61. The van der Waals surface area contributed by atoms with Crippen LogP contribution in [-0.2, 0) is 16.1 Å². The summed E-state index contributed by atoms with van der Waals surface area (Å²) in [5, 5.41) is 0. The Morgan fingerprint density at radius 3 is 2.95 bits per heavy atom. The molecule has 4 nitrogen and oxygen atoms in total. The first-order valence-corrected chi connectivity index (χ1v) is 7.91. The van der Waals surface area contributed by atoms with Crippen molar-refractivity contribution in [2.24, 2.45) is 4.99 Å².